The van der Waals surface area contributed by atoms with E-state index in [9.17, 15) is 4.79 Å². The van der Waals surface area contributed by atoms with Crippen molar-refractivity contribution in [1.29, 1.82) is 0 Å². The van der Waals surface area contributed by atoms with Gasteiger partial charge in [-0.15, -0.1) is 12.6 Å². The normalized spacial score (nSPS) is 10.2. The summed E-state index contributed by atoms with van der Waals surface area (Å²) in [5.41, 5.74) is 1.21. The van der Waals surface area contributed by atoms with Gasteiger partial charge in [0, 0.05) is 10.3 Å². The highest BCUT2D eigenvalue weighted by atomic mass is 32.1. The summed E-state index contributed by atoms with van der Waals surface area (Å²) in [7, 11) is 0. The first kappa shape index (κ1) is 8.26. The van der Waals surface area contributed by atoms with Crippen LogP contribution in [0, 0.1) is 0 Å². The Bertz CT molecular complexity index is 467. The number of carbonyl (C=O) groups is 1. The monoisotopic (exact) mass is 189 g/mol. The summed E-state index contributed by atoms with van der Waals surface area (Å²) in [6, 6.07) is 9.47. The fourth-order valence-electron chi connectivity index (χ4n) is 1.21. The summed E-state index contributed by atoms with van der Waals surface area (Å²) < 4.78 is 0. The molecule has 2 rings (SSSR count). The average molecular weight is 189 g/mol. The third kappa shape index (κ3) is 1.42. The number of aldehydes is 1. The van der Waals surface area contributed by atoms with Gasteiger partial charge in [-0.3, -0.25) is 4.79 Å². The highest BCUT2D eigenvalue weighted by Crippen LogP contribution is 2.17. The second-order valence-corrected chi connectivity index (χ2v) is 3.19. The van der Waals surface area contributed by atoms with Gasteiger partial charge in [-0.05, 0) is 12.1 Å². The molecule has 13 heavy (non-hydrogen) atoms. The molecule has 64 valence electrons. The minimum atomic E-state index is 0.391. The van der Waals surface area contributed by atoms with Crippen LogP contribution in [0.1, 0.15) is 10.5 Å². The summed E-state index contributed by atoms with van der Waals surface area (Å²) in [6.45, 7) is 0. The highest BCUT2D eigenvalue weighted by Gasteiger charge is 2.01. The molecular weight excluding hydrogens is 182 g/mol. The summed E-state index contributed by atoms with van der Waals surface area (Å²) in [5.74, 6) is 0. The number of thiol groups is 1. The highest BCUT2D eigenvalue weighted by molar-refractivity contribution is 7.80. The molecule has 1 heterocycles. The molecule has 0 amide bonds. The topological polar surface area (TPSA) is 30.0 Å². The number of rotatable bonds is 1. The van der Waals surface area contributed by atoms with Crippen LogP contribution in [0.4, 0.5) is 0 Å². The van der Waals surface area contributed by atoms with Crippen molar-refractivity contribution < 1.29 is 4.79 Å². The maximum Gasteiger partial charge on any atom is 0.169 e. The van der Waals surface area contributed by atoms with E-state index in [-0.39, 0.29) is 0 Å². The SMILES string of the molecule is O=Cc1nc2ccccc2cc1S. The molecule has 1 aromatic carbocycles. The van der Waals surface area contributed by atoms with Crippen molar-refractivity contribution in [3.63, 3.8) is 0 Å². The maximum absolute atomic E-state index is 10.6. The molecule has 0 fully saturated rings. The van der Waals surface area contributed by atoms with Gasteiger partial charge in [0.1, 0.15) is 5.69 Å². The number of pyridine rings is 1. The van der Waals surface area contributed by atoms with Gasteiger partial charge in [0.25, 0.3) is 0 Å². The number of para-hydroxylation sites is 1. The van der Waals surface area contributed by atoms with Crippen molar-refractivity contribution in [3.05, 3.63) is 36.0 Å². The van der Waals surface area contributed by atoms with Crippen molar-refractivity contribution in [2.45, 2.75) is 4.90 Å². The van der Waals surface area contributed by atoms with Gasteiger partial charge < -0.3 is 0 Å². The smallest absolute Gasteiger partial charge is 0.169 e. The number of fused-ring (bicyclic) bond motifs is 1. The summed E-state index contributed by atoms with van der Waals surface area (Å²) in [5, 5.41) is 0.998. The lowest BCUT2D eigenvalue weighted by molar-refractivity contribution is 0.111. The van der Waals surface area contributed by atoms with Crippen LogP contribution in [0.3, 0.4) is 0 Å². The van der Waals surface area contributed by atoms with E-state index in [1.165, 1.54) is 0 Å². The minimum absolute atomic E-state index is 0.391. The average Bonchev–Trinajstić information content (AvgIpc) is 2.17. The van der Waals surface area contributed by atoms with Crippen LogP contribution in [0.25, 0.3) is 10.9 Å². The van der Waals surface area contributed by atoms with Gasteiger partial charge in [-0.25, -0.2) is 4.98 Å². The Kier molecular flexibility index (Phi) is 2.02. The molecule has 0 aliphatic heterocycles. The van der Waals surface area contributed by atoms with E-state index in [2.05, 4.69) is 17.6 Å². The molecule has 0 radical (unpaired) electrons. The molecule has 2 aromatic rings. The second-order valence-electron chi connectivity index (χ2n) is 2.70. The summed E-state index contributed by atoms with van der Waals surface area (Å²) >= 11 is 4.16. The van der Waals surface area contributed by atoms with E-state index in [0.717, 1.165) is 17.2 Å². The van der Waals surface area contributed by atoms with Crippen LogP contribution in [-0.4, -0.2) is 11.3 Å². The van der Waals surface area contributed by atoms with Crippen LogP contribution < -0.4 is 0 Å². The Morgan fingerprint density at radius 3 is 2.85 bits per heavy atom. The first-order chi connectivity index (χ1) is 6.31. The molecule has 0 saturated heterocycles. The third-order valence-corrected chi connectivity index (χ3v) is 2.20. The van der Waals surface area contributed by atoms with E-state index in [1.54, 1.807) is 0 Å². The van der Waals surface area contributed by atoms with Crippen LogP contribution >= 0.6 is 12.6 Å². The number of hydrogen-bond donors (Lipinski definition) is 1. The molecule has 3 heteroatoms. The Hall–Kier alpha value is -1.35. The Morgan fingerprint density at radius 1 is 1.31 bits per heavy atom. The van der Waals surface area contributed by atoms with Gasteiger partial charge in [-0.1, -0.05) is 18.2 Å². The van der Waals surface area contributed by atoms with Crippen molar-refractivity contribution in [1.82, 2.24) is 4.98 Å². The molecule has 0 atom stereocenters. The van der Waals surface area contributed by atoms with Crippen LogP contribution in [-0.2, 0) is 0 Å². The third-order valence-electron chi connectivity index (χ3n) is 1.84. The van der Waals surface area contributed by atoms with Crippen molar-refractivity contribution in [2.75, 3.05) is 0 Å². The predicted molar refractivity (Wildman–Crippen MR) is 54.4 cm³/mol. The number of nitrogens with zero attached hydrogens (tertiary/aromatic N) is 1. The maximum atomic E-state index is 10.6. The number of hydrogen-bond acceptors (Lipinski definition) is 3. The first-order valence-electron chi connectivity index (χ1n) is 3.85. The zero-order valence-corrected chi connectivity index (χ0v) is 7.66. The summed E-state index contributed by atoms with van der Waals surface area (Å²) in [6.07, 6.45) is 0.717. The van der Waals surface area contributed by atoms with Gasteiger partial charge in [0.2, 0.25) is 0 Å². The number of benzene rings is 1. The fraction of sp³-hybridized carbons (Fsp3) is 0. The molecule has 0 aliphatic rings. The lowest BCUT2D eigenvalue weighted by Crippen LogP contribution is -1.89. The van der Waals surface area contributed by atoms with E-state index in [4.69, 9.17) is 0 Å². The van der Waals surface area contributed by atoms with Crippen LogP contribution in [0.2, 0.25) is 0 Å². The molecule has 1 aromatic heterocycles. The largest absolute Gasteiger partial charge is 0.296 e. The van der Waals surface area contributed by atoms with Gasteiger partial charge in [0.15, 0.2) is 6.29 Å². The first-order valence-corrected chi connectivity index (χ1v) is 4.30. The molecule has 0 saturated carbocycles. The quantitative estimate of drug-likeness (QED) is 0.551. The van der Waals surface area contributed by atoms with E-state index >= 15 is 0 Å². The predicted octanol–water partition coefficient (Wildman–Crippen LogP) is 2.34. The van der Waals surface area contributed by atoms with Gasteiger partial charge in [0.05, 0.1) is 5.52 Å². The van der Waals surface area contributed by atoms with Crippen molar-refractivity contribution >= 4 is 29.8 Å². The van der Waals surface area contributed by atoms with Crippen molar-refractivity contribution in [2.24, 2.45) is 0 Å². The van der Waals surface area contributed by atoms with Crippen LogP contribution in [0.5, 0.6) is 0 Å². The lowest BCUT2D eigenvalue weighted by Gasteiger charge is -1.99. The molecule has 2 nitrogen and oxygen atoms in total. The molecule has 0 spiro atoms. The molecule has 0 bridgehead atoms. The fourth-order valence-corrected chi connectivity index (χ4v) is 1.45. The van der Waals surface area contributed by atoms with Crippen molar-refractivity contribution in [3.8, 4) is 0 Å². The molecular formula is C10H7NOS. The minimum Gasteiger partial charge on any atom is -0.296 e. The molecule has 0 aliphatic carbocycles. The Balaban J connectivity index is 2.81. The van der Waals surface area contributed by atoms with Gasteiger partial charge in [-0.2, -0.15) is 0 Å². The van der Waals surface area contributed by atoms with E-state index < -0.39 is 0 Å². The Morgan fingerprint density at radius 2 is 2.08 bits per heavy atom. The van der Waals surface area contributed by atoms with E-state index in [1.807, 2.05) is 30.3 Å². The van der Waals surface area contributed by atoms with E-state index in [0.29, 0.717) is 10.6 Å². The summed E-state index contributed by atoms with van der Waals surface area (Å²) in [4.78, 5) is 15.3. The zero-order valence-electron chi connectivity index (χ0n) is 6.77. The number of carbonyl (C=O) groups excluding carboxylic acids is 1. The van der Waals surface area contributed by atoms with Gasteiger partial charge >= 0.3 is 0 Å². The molecule has 0 N–H and O–H groups in total. The second kappa shape index (κ2) is 3.18. The standard InChI is InChI=1S/C10H7NOS/c12-6-9-10(13)5-7-3-1-2-4-8(7)11-9/h1-6,13H. The lowest BCUT2D eigenvalue weighted by atomic mass is 10.2. The zero-order chi connectivity index (χ0) is 9.26. The number of aromatic nitrogens is 1. The Labute approximate surface area is 81.0 Å². The molecule has 0 unspecified atom stereocenters. The van der Waals surface area contributed by atoms with Crippen LogP contribution in [0.15, 0.2) is 35.2 Å².